The molecule has 5 nitrogen and oxygen atoms in total. The molecule has 1 rings (SSSR count). The van der Waals surface area contributed by atoms with E-state index in [1.807, 2.05) is 0 Å². The summed E-state index contributed by atoms with van der Waals surface area (Å²) in [7, 11) is 0. The highest BCUT2D eigenvalue weighted by Crippen LogP contribution is 2.12. The van der Waals surface area contributed by atoms with Gasteiger partial charge in [0.2, 0.25) is 0 Å². The zero-order chi connectivity index (χ0) is 15.3. The van der Waals surface area contributed by atoms with Crippen LogP contribution >= 0.6 is 0 Å². The molecule has 0 heterocycles. The van der Waals surface area contributed by atoms with E-state index in [0.717, 1.165) is 32.6 Å². The van der Waals surface area contributed by atoms with Crippen LogP contribution in [0.2, 0.25) is 0 Å². The number of nitriles is 1. The number of aliphatic hydroxyl groups is 1. The number of nitrogens with zero attached hydrogens (tertiary/aromatic N) is 1. The zero-order valence-electron chi connectivity index (χ0n) is 12.5. The molecule has 0 amide bonds. The monoisotopic (exact) mass is 292 g/mol. The Morgan fingerprint density at radius 1 is 1.38 bits per heavy atom. The molecule has 0 aliphatic carbocycles. The third kappa shape index (κ3) is 8.30. The van der Waals surface area contributed by atoms with Crippen LogP contribution in [0.1, 0.15) is 25.3 Å². The Bertz CT molecular complexity index is 432. The lowest BCUT2D eigenvalue weighted by molar-refractivity contribution is 0.103. The zero-order valence-corrected chi connectivity index (χ0v) is 12.5. The van der Waals surface area contributed by atoms with Crippen LogP contribution in [0.5, 0.6) is 5.75 Å². The lowest BCUT2D eigenvalue weighted by Crippen LogP contribution is -2.32. The summed E-state index contributed by atoms with van der Waals surface area (Å²) in [5, 5.41) is 21.7. The van der Waals surface area contributed by atoms with Crippen molar-refractivity contribution in [2.75, 3.05) is 32.9 Å². The van der Waals surface area contributed by atoms with Gasteiger partial charge in [-0.25, -0.2) is 0 Å². The standard InChI is InChI=1S/C16H24N2O3/c1-2-8-20-9-4-7-18-12-15(19)13-21-16-6-3-5-14(10-16)11-17/h3,5-6,10,15,18-19H,2,4,7-9,12-13H2,1H3. The largest absolute Gasteiger partial charge is 0.491 e. The van der Waals surface area contributed by atoms with Crippen LogP contribution in [0.25, 0.3) is 0 Å². The molecule has 116 valence electrons. The Morgan fingerprint density at radius 2 is 2.24 bits per heavy atom. The number of rotatable bonds is 11. The van der Waals surface area contributed by atoms with Crippen LogP contribution in [0, 0.1) is 11.3 Å². The maximum absolute atomic E-state index is 9.79. The highest BCUT2D eigenvalue weighted by Gasteiger charge is 2.05. The predicted molar refractivity (Wildman–Crippen MR) is 81.3 cm³/mol. The molecule has 0 bridgehead atoms. The van der Waals surface area contributed by atoms with Gasteiger partial charge in [-0.3, -0.25) is 0 Å². The summed E-state index contributed by atoms with van der Waals surface area (Å²) in [6.45, 7) is 5.12. The van der Waals surface area contributed by atoms with Crippen LogP contribution in [0.4, 0.5) is 0 Å². The minimum absolute atomic E-state index is 0.203. The average molecular weight is 292 g/mol. The molecule has 1 aromatic rings. The lowest BCUT2D eigenvalue weighted by atomic mass is 10.2. The summed E-state index contributed by atoms with van der Waals surface area (Å²) in [5.74, 6) is 0.598. The summed E-state index contributed by atoms with van der Waals surface area (Å²) in [4.78, 5) is 0. The van der Waals surface area contributed by atoms with Crippen molar-refractivity contribution in [3.8, 4) is 11.8 Å². The van der Waals surface area contributed by atoms with E-state index in [-0.39, 0.29) is 6.61 Å². The fourth-order valence-corrected chi connectivity index (χ4v) is 1.72. The van der Waals surface area contributed by atoms with Gasteiger partial charge in [0.1, 0.15) is 18.5 Å². The second kappa shape index (κ2) is 11.1. The molecule has 2 N–H and O–H groups in total. The molecule has 0 aliphatic heterocycles. The Balaban J connectivity index is 2.08. The first-order valence-electron chi connectivity index (χ1n) is 7.35. The molecule has 0 radical (unpaired) electrons. The van der Waals surface area contributed by atoms with Gasteiger partial charge in [-0.05, 0) is 37.6 Å². The summed E-state index contributed by atoms with van der Waals surface area (Å²) >= 11 is 0. The van der Waals surface area contributed by atoms with E-state index >= 15 is 0 Å². The Labute approximate surface area is 126 Å². The van der Waals surface area contributed by atoms with Gasteiger partial charge in [0.25, 0.3) is 0 Å². The molecule has 0 aromatic heterocycles. The van der Waals surface area contributed by atoms with Crippen LogP contribution in [0.15, 0.2) is 24.3 Å². The van der Waals surface area contributed by atoms with Gasteiger partial charge in [0, 0.05) is 19.8 Å². The van der Waals surface area contributed by atoms with Crippen molar-refractivity contribution in [1.29, 1.82) is 5.26 Å². The van der Waals surface area contributed by atoms with Crippen molar-refractivity contribution in [2.45, 2.75) is 25.9 Å². The van der Waals surface area contributed by atoms with Gasteiger partial charge in [-0.15, -0.1) is 0 Å². The first kappa shape index (κ1) is 17.4. The molecule has 0 fully saturated rings. The van der Waals surface area contributed by atoms with Gasteiger partial charge in [-0.2, -0.15) is 5.26 Å². The van der Waals surface area contributed by atoms with E-state index in [1.54, 1.807) is 24.3 Å². The molecule has 1 aromatic carbocycles. The molecular weight excluding hydrogens is 268 g/mol. The second-order valence-electron chi connectivity index (χ2n) is 4.77. The van der Waals surface area contributed by atoms with Crippen LogP contribution in [0.3, 0.4) is 0 Å². The SMILES string of the molecule is CCCOCCCNCC(O)COc1cccc(C#N)c1. The minimum atomic E-state index is -0.577. The maximum Gasteiger partial charge on any atom is 0.120 e. The van der Waals surface area contributed by atoms with Gasteiger partial charge in [0.05, 0.1) is 11.6 Å². The molecule has 1 atom stereocenters. The molecule has 0 aliphatic rings. The second-order valence-corrected chi connectivity index (χ2v) is 4.77. The summed E-state index contributed by atoms with van der Waals surface area (Å²) in [5.41, 5.74) is 0.548. The molecule has 0 saturated heterocycles. The topological polar surface area (TPSA) is 74.5 Å². The molecule has 1 unspecified atom stereocenters. The van der Waals surface area contributed by atoms with Crippen molar-refractivity contribution < 1.29 is 14.6 Å². The third-order valence-corrected chi connectivity index (χ3v) is 2.78. The predicted octanol–water partition coefficient (Wildman–Crippen LogP) is 1.70. The van der Waals surface area contributed by atoms with E-state index in [2.05, 4.69) is 18.3 Å². The van der Waals surface area contributed by atoms with Gasteiger partial charge < -0.3 is 19.9 Å². The van der Waals surface area contributed by atoms with E-state index in [4.69, 9.17) is 14.7 Å². The van der Waals surface area contributed by atoms with Crippen molar-refractivity contribution in [2.24, 2.45) is 0 Å². The normalized spacial score (nSPS) is 11.9. The number of benzene rings is 1. The van der Waals surface area contributed by atoms with Crippen molar-refractivity contribution in [1.82, 2.24) is 5.32 Å². The van der Waals surface area contributed by atoms with Crippen molar-refractivity contribution in [3.05, 3.63) is 29.8 Å². The number of nitrogens with one attached hydrogen (secondary N) is 1. The first-order chi connectivity index (χ1) is 10.3. The molecule has 0 spiro atoms. The molecule has 21 heavy (non-hydrogen) atoms. The number of ether oxygens (including phenoxy) is 2. The van der Waals surface area contributed by atoms with Crippen LogP contribution in [-0.4, -0.2) is 44.1 Å². The van der Waals surface area contributed by atoms with Crippen molar-refractivity contribution in [3.63, 3.8) is 0 Å². The Kier molecular flexibility index (Phi) is 9.21. The first-order valence-corrected chi connectivity index (χ1v) is 7.35. The highest BCUT2D eigenvalue weighted by molar-refractivity contribution is 5.36. The maximum atomic E-state index is 9.79. The lowest BCUT2D eigenvalue weighted by Gasteiger charge is -2.13. The third-order valence-electron chi connectivity index (χ3n) is 2.78. The Hall–Kier alpha value is -1.61. The van der Waals surface area contributed by atoms with Gasteiger partial charge >= 0.3 is 0 Å². The fourth-order valence-electron chi connectivity index (χ4n) is 1.72. The fraction of sp³-hybridized carbons (Fsp3) is 0.562. The minimum Gasteiger partial charge on any atom is -0.491 e. The van der Waals surface area contributed by atoms with Gasteiger partial charge in [0.15, 0.2) is 0 Å². The number of hydrogen-bond donors (Lipinski definition) is 2. The number of hydrogen-bond acceptors (Lipinski definition) is 5. The van der Waals surface area contributed by atoms with E-state index in [9.17, 15) is 5.11 Å². The van der Waals surface area contributed by atoms with E-state index < -0.39 is 6.10 Å². The molecule has 5 heteroatoms. The Morgan fingerprint density at radius 3 is 3.00 bits per heavy atom. The smallest absolute Gasteiger partial charge is 0.120 e. The van der Waals surface area contributed by atoms with E-state index in [0.29, 0.717) is 17.9 Å². The van der Waals surface area contributed by atoms with Crippen LogP contribution < -0.4 is 10.1 Å². The summed E-state index contributed by atoms with van der Waals surface area (Å²) < 4.78 is 10.8. The summed E-state index contributed by atoms with van der Waals surface area (Å²) in [6.07, 6.45) is 1.39. The summed E-state index contributed by atoms with van der Waals surface area (Å²) in [6, 6.07) is 8.95. The quantitative estimate of drug-likeness (QED) is 0.607. The van der Waals surface area contributed by atoms with E-state index in [1.165, 1.54) is 0 Å². The van der Waals surface area contributed by atoms with Crippen LogP contribution in [-0.2, 0) is 4.74 Å². The highest BCUT2D eigenvalue weighted by atomic mass is 16.5. The average Bonchev–Trinajstić information content (AvgIpc) is 2.52. The number of aliphatic hydroxyl groups excluding tert-OH is 1. The molecule has 0 saturated carbocycles. The van der Waals surface area contributed by atoms with Crippen molar-refractivity contribution >= 4 is 0 Å². The van der Waals surface area contributed by atoms with Gasteiger partial charge in [-0.1, -0.05) is 13.0 Å². The molecular formula is C16H24N2O3.